The van der Waals surface area contributed by atoms with Gasteiger partial charge in [-0.15, -0.1) is 0 Å². The lowest BCUT2D eigenvalue weighted by Crippen LogP contribution is -2.09. The van der Waals surface area contributed by atoms with E-state index >= 15 is 0 Å². The number of aromatic nitrogens is 2. The van der Waals surface area contributed by atoms with Crippen LogP contribution in [-0.4, -0.2) is 9.13 Å². The third-order valence-electron chi connectivity index (χ3n) is 30.0. The lowest BCUT2D eigenvalue weighted by molar-refractivity contribution is 1.18. The summed E-state index contributed by atoms with van der Waals surface area (Å²) in [6.07, 6.45) is 0. The van der Waals surface area contributed by atoms with Crippen molar-refractivity contribution in [1.82, 2.24) is 9.13 Å². The summed E-state index contributed by atoms with van der Waals surface area (Å²) >= 11 is 0. The van der Waals surface area contributed by atoms with Gasteiger partial charge in [-0.1, -0.05) is 425 Å². The minimum atomic E-state index is 1.09. The van der Waals surface area contributed by atoms with Crippen LogP contribution in [0.1, 0.15) is 0 Å². The van der Waals surface area contributed by atoms with Crippen molar-refractivity contribution in [2.75, 3.05) is 9.80 Å². The van der Waals surface area contributed by atoms with Gasteiger partial charge < -0.3 is 18.9 Å². The van der Waals surface area contributed by atoms with Crippen LogP contribution in [0.5, 0.6) is 0 Å². The predicted molar refractivity (Wildman–Crippen MR) is 630 cm³/mol. The van der Waals surface area contributed by atoms with E-state index in [1.165, 1.54) is 208 Å². The fourth-order valence-corrected chi connectivity index (χ4v) is 22.6. The monoisotopic (exact) mass is 1880 g/mol. The van der Waals surface area contributed by atoms with Crippen molar-refractivity contribution in [3.05, 3.63) is 582 Å². The molecule has 26 aromatic carbocycles. The zero-order valence-electron chi connectivity index (χ0n) is 81.2. The quantitative estimate of drug-likeness (QED) is 0.0796. The second kappa shape index (κ2) is 37.7. The number of para-hydroxylation sites is 1. The molecule has 0 N–H and O–H groups in total. The highest BCUT2D eigenvalue weighted by Crippen LogP contribution is 2.48. The third-order valence-corrected chi connectivity index (χ3v) is 30.0. The van der Waals surface area contributed by atoms with E-state index in [2.05, 4.69) is 601 Å². The Morgan fingerprint density at radius 1 is 0.0946 bits per heavy atom. The molecule has 0 aliphatic heterocycles. The summed E-state index contributed by atoms with van der Waals surface area (Å²) in [5.74, 6) is 0. The molecule has 0 saturated carbocycles. The Hall–Kier alpha value is -19.5. The van der Waals surface area contributed by atoms with Crippen molar-refractivity contribution >= 4 is 142 Å². The molecule has 0 saturated heterocycles. The Bertz CT molecular complexity index is 9690. The highest BCUT2D eigenvalue weighted by atomic mass is 15.1. The second-order valence-electron chi connectivity index (χ2n) is 38.5. The molecule has 0 spiro atoms. The number of hydrogen-bond acceptors (Lipinski definition) is 2. The van der Waals surface area contributed by atoms with Crippen LogP contribution in [-0.2, 0) is 0 Å². The number of anilines is 6. The van der Waals surface area contributed by atoms with Gasteiger partial charge in [-0.25, -0.2) is 0 Å². The molecule has 0 aliphatic carbocycles. The maximum absolute atomic E-state index is 2.43. The molecule has 28 rings (SSSR count). The number of benzene rings is 26. The van der Waals surface area contributed by atoms with E-state index in [0.29, 0.717) is 0 Å². The van der Waals surface area contributed by atoms with Crippen LogP contribution in [0.4, 0.5) is 34.1 Å². The van der Waals surface area contributed by atoms with Crippen molar-refractivity contribution in [3.63, 3.8) is 0 Å². The van der Waals surface area contributed by atoms with Crippen LogP contribution in [0.3, 0.4) is 0 Å². The average Bonchev–Trinajstić information content (AvgIpc) is 1.40. The Balaban J connectivity index is 0.000000146. The summed E-state index contributed by atoms with van der Waals surface area (Å²) < 4.78 is 4.87. The molecule has 0 bridgehead atoms. The van der Waals surface area contributed by atoms with Gasteiger partial charge in [0.1, 0.15) is 0 Å². The molecule has 148 heavy (non-hydrogen) atoms. The summed E-state index contributed by atoms with van der Waals surface area (Å²) in [4.78, 5) is 4.68. The average molecular weight is 1880 g/mol. The van der Waals surface area contributed by atoms with Crippen molar-refractivity contribution in [3.8, 4) is 123 Å². The van der Waals surface area contributed by atoms with Gasteiger partial charge in [0.25, 0.3) is 0 Å². The smallest absolute Gasteiger partial charge is 0.0541 e. The SMILES string of the molecule is c1ccc(-c2ccc(-c3ccc4c(c3)c3cc(-c5ccc(N(c6ccccc6)c6ccc(-c7ccccc7)cc6)cc5)ccc3n4-c3ccc(-c4ccc5c6ccccc6c6ccccc6c5c4)cc3)cc2)cc1.c1ccc(-c2ccc(N(c3ccc(-c4ccccc4)cc3)c3ccc(-c4ccc5c(c4)c4cc(-c6ccccc6)ccc4n5-c4ccc(-c5ccc6c7ccccc7c7ccccc7c6c5)cc4)cc3)cc2)cc1. The van der Waals surface area contributed by atoms with Crippen molar-refractivity contribution in [1.29, 1.82) is 0 Å². The van der Waals surface area contributed by atoms with E-state index in [9.17, 15) is 0 Å². The minimum absolute atomic E-state index is 1.09. The van der Waals surface area contributed by atoms with Crippen LogP contribution in [0.25, 0.3) is 231 Å². The van der Waals surface area contributed by atoms with Crippen molar-refractivity contribution in [2.24, 2.45) is 0 Å². The summed E-state index contributed by atoms with van der Waals surface area (Å²) in [6, 6.07) is 213. The highest BCUT2D eigenvalue weighted by molar-refractivity contribution is 6.27. The largest absolute Gasteiger partial charge is 0.311 e. The fraction of sp³-hybridized carbons (Fsp3) is 0. The van der Waals surface area contributed by atoms with Crippen LogP contribution in [0.15, 0.2) is 582 Å². The van der Waals surface area contributed by atoms with E-state index in [4.69, 9.17) is 0 Å². The molecule has 4 nitrogen and oxygen atoms in total. The Labute approximate surface area is 860 Å². The Kier molecular flexibility index (Phi) is 22.3. The Morgan fingerprint density at radius 3 is 0.466 bits per heavy atom. The summed E-state index contributed by atoms with van der Waals surface area (Å²) in [5.41, 5.74) is 37.4. The zero-order valence-corrected chi connectivity index (χ0v) is 81.2. The Morgan fingerprint density at radius 2 is 0.236 bits per heavy atom. The topological polar surface area (TPSA) is 16.3 Å². The molecule has 0 aliphatic rings. The highest BCUT2D eigenvalue weighted by Gasteiger charge is 2.24. The van der Waals surface area contributed by atoms with Crippen LogP contribution in [0.2, 0.25) is 0 Å². The first-order valence-electron chi connectivity index (χ1n) is 51.0. The molecule has 2 heterocycles. The van der Waals surface area contributed by atoms with Crippen molar-refractivity contribution < 1.29 is 0 Å². The second-order valence-corrected chi connectivity index (χ2v) is 38.5. The first-order valence-corrected chi connectivity index (χ1v) is 51.0. The molecular formula is C144H96N4. The lowest BCUT2D eigenvalue weighted by Gasteiger charge is -2.26. The third kappa shape index (κ3) is 16.2. The van der Waals surface area contributed by atoms with Gasteiger partial charge >= 0.3 is 0 Å². The first-order chi connectivity index (χ1) is 73.4. The maximum Gasteiger partial charge on any atom is 0.0541 e. The van der Waals surface area contributed by atoms with Gasteiger partial charge in [-0.2, -0.15) is 0 Å². The van der Waals surface area contributed by atoms with Gasteiger partial charge in [0, 0.05) is 67.0 Å². The van der Waals surface area contributed by atoms with E-state index in [1.54, 1.807) is 0 Å². The number of fused-ring (bicyclic) bond motifs is 18. The normalized spacial score (nSPS) is 11.5. The van der Waals surface area contributed by atoms with Gasteiger partial charge in [-0.05, 0) is 334 Å². The molecule has 0 unspecified atom stereocenters. The molecule has 0 fully saturated rings. The first kappa shape index (κ1) is 87.5. The molecule has 28 aromatic rings. The minimum Gasteiger partial charge on any atom is -0.311 e. The molecular weight excluding hydrogens is 1790 g/mol. The molecule has 4 heteroatoms. The fourth-order valence-electron chi connectivity index (χ4n) is 22.6. The van der Waals surface area contributed by atoms with Gasteiger partial charge in [0.2, 0.25) is 0 Å². The van der Waals surface area contributed by atoms with E-state index in [1.807, 2.05) is 0 Å². The standard InChI is InChI=1S/2C72H48N2/c1-4-14-49(15-5-1)52-24-35-59(36-25-52)73(60-37-26-53(27-38-60)50-16-6-2-7-17-50)61-39-28-55(29-40-61)58-34-45-72-70(48-58)69-47-57(51-18-8-3-9-19-51)33-44-71(69)74(72)62-41-30-54(31-42-62)56-32-43-67-65-22-11-10-20-63(65)64-21-12-13-23-66(64)68(67)46-56;1-4-14-49(15-5-1)51-24-26-53(27-25-51)57-35-44-71-69(47-57)70-48-58(55-30-39-61(40-31-55)73(59-18-8-3-9-19-59)60-37-28-52(29-38-60)50-16-6-2-7-17-50)36-45-72(70)74(71)62-41-32-54(33-42-62)56-34-43-67-65-22-11-10-20-63(65)64-21-12-13-23-66(64)68(67)46-56/h2*1-48H. The molecule has 0 amide bonds. The predicted octanol–water partition coefficient (Wildman–Crippen LogP) is 40.1. The van der Waals surface area contributed by atoms with Gasteiger partial charge in [0.05, 0.1) is 22.1 Å². The van der Waals surface area contributed by atoms with E-state index in [0.717, 1.165) is 56.6 Å². The van der Waals surface area contributed by atoms with Gasteiger partial charge in [-0.3, -0.25) is 0 Å². The lowest BCUT2D eigenvalue weighted by atomic mass is 9.92. The molecule has 0 radical (unpaired) electrons. The van der Waals surface area contributed by atoms with Crippen LogP contribution in [0, 0.1) is 0 Å². The van der Waals surface area contributed by atoms with E-state index in [-0.39, 0.29) is 0 Å². The van der Waals surface area contributed by atoms with Crippen LogP contribution < -0.4 is 9.80 Å². The molecule has 692 valence electrons. The summed E-state index contributed by atoms with van der Waals surface area (Å²) in [5, 5.41) is 20.3. The van der Waals surface area contributed by atoms with E-state index < -0.39 is 0 Å². The van der Waals surface area contributed by atoms with Crippen molar-refractivity contribution in [2.45, 2.75) is 0 Å². The van der Waals surface area contributed by atoms with Gasteiger partial charge in [0.15, 0.2) is 0 Å². The number of hydrogen-bond donors (Lipinski definition) is 0. The summed E-state index contributed by atoms with van der Waals surface area (Å²) in [7, 11) is 0. The zero-order chi connectivity index (χ0) is 97.9. The molecule has 0 atom stereocenters. The number of rotatable bonds is 18. The van der Waals surface area contributed by atoms with Crippen LogP contribution >= 0.6 is 0 Å². The number of nitrogens with zero attached hydrogens (tertiary/aromatic N) is 4. The maximum atomic E-state index is 2.43. The molecule has 2 aromatic heterocycles. The summed E-state index contributed by atoms with van der Waals surface area (Å²) in [6.45, 7) is 0.